The molecule has 0 unspecified atom stereocenters. The molecule has 0 saturated carbocycles. The summed E-state index contributed by atoms with van der Waals surface area (Å²) >= 11 is 16.0. The second-order valence-corrected chi connectivity index (χ2v) is 8.75. The van der Waals surface area contributed by atoms with Gasteiger partial charge in [0.05, 0.1) is 11.6 Å². The largest absolute Gasteiger partial charge is 0.343 e. The van der Waals surface area contributed by atoms with E-state index in [1.807, 2.05) is 24.3 Å². The molecule has 2 heterocycles. The van der Waals surface area contributed by atoms with E-state index in [-0.39, 0.29) is 5.41 Å². The molecule has 2 aromatic carbocycles. The smallest absolute Gasteiger partial charge is 0.108 e. The molecule has 2 aliphatic heterocycles. The minimum absolute atomic E-state index is 0.0596. The standard InChI is InChI=1S/C20H20BrCl2N3/c21-16-9-14-11-20(4-6-24-7-5-20)19(26-18(14)10-17(16)23)25-12-13-2-1-3-15(22)8-13/h1-3,8-10,24H,4-7,11-12H2,(H,25,26). The fourth-order valence-corrected chi connectivity index (χ4v) is 4.66. The molecule has 0 aliphatic carbocycles. The number of fused-ring (bicyclic) bond motifs is 1. The number of anilines is 1. The molecular formula is C20H20BrCl2N3. The quantitative estimate of drug-likeness (QED) is 0.613. The SMILES string of the molecule is Clc1cccc(CN=C2Nc3cc(Cl)c(Br)cc3CC23CCNCC3)c1. The van der Waals surface area contributed by atoms with Crippen LogP contribution in [0.5, 0.6) is 0 Å². The van der Waals surface area contributed by atoms with E-state index < -0.39 is 0 Å². The van der Waals surface area contributed by atoms with E-state index in [1.54, 1.807) is 0 Å². The van der Waals surface area contributed by atoms with Gasteiger partial charge < -0.3 is 10.6 Å². The third-order valence-corrected chi connectivity index (χ3v) is 6.73. The van der Waals surface area contributed by atoms with E-state index in [9.17, 15) is 0 Å². The minimum atomic E-state index is 0.0596. The fraction of sp³-hybridized carbons (Fsp3) is 0.350. The zero-order valence-corrected chi connectivity index (χ0v) is 17.4. The second-order valence-electron chi connectivity index (χ2n) is 7.05. The number of hydrogen-bond acceptors (Lipinski definition) is 2. The van der Waals surface area contributed by atoms with Crippen LogP contribution in [0.4, 0.5) is 5.69 Å². The monoisotopic (exact) mass is 451 g/mol. The third-order valence-electron chi connectivity index (χ3n) is 5.30. The van der Waals surface area contributed by atoms with Crippen molar-refractivity contribution in [3.05, 3.63) is 62.0 Å². The van der Waals surface area contributed by atoms with Gasteiger partial charge in [-0.05, 0) is 83.7 Å². The molecule has 0 bridgehead atoms. The van der Waals surface area contributed by atoms with Gasteiger partial charge in [-0.15, -0.1) is 0 Å². The van der Waals surface area contributed by atoms with E-state index in [0.29, 0.717) is 11.6 Å². The van der Waals surface area contributed by atoms with Gasteiger partial charge in [0.2, 0.25) is 0 Å². The molecule has 1 fully saturated rings. The molecule has 0 amide bonds. The highest BCUT2D eigenvalue weighted by atomic mass is 79.9. The summed E-state index contributed by atoms with van der Waals surface area (Å²) < 4.78 is 0.947. The molecule has 2 N–H and O–H groups in total. The van der Waals surface area contributed by atoms with Crippen molar-refractivity contribution in [3.8, 4) is 0 Å². The molecule has 1 saturated heterocycles. The molecular weight excluding hydrogens is 433 g/mol. The number of amidine groups is 1. The highest BCUT2D eigenvalue weighted by Crippen LogP contribution is 2.43. The van der Waals surface area contributed by atoms with Gasteiger partial charge in [0, 0.05) is 20.6 Å². The van der Waals surface area contributed by atoms with E-state index >= 15 is 0 Å². The topological polar surface area (TPSA) is 36.4 Å². The van der Waals surface area contributed by atoms with Crippen LogP contribution in [0.3, 0.4) is 0 Å². The van der Waals surface area contributed by atoms with Gasteiger partial charge in [-0.3, -0.25) is 4.99 Å². The normalized spacial score (nSPS) is 20.0. The maximum atomic E-state index is 6.31. The molecule has 0 radical (unpaired) electrons. The van der Waals surface area contributed by atoms with Gasteiger partial charge in [0.15, 0.2) is 0 Å². The van der Waals surface area contributed by atoms with E-state index in [2.05, 4.69) is 38.7 Å². The molecule has 0 aromatic heterocycles. The van der Waals surface area contributed by atoms with Crippen LogP contribution in [-0.2, 0) is 13.0 Å². The summed E-state index contributed by atoms with van der Waals surface area (Å²) in [6.45, 7) is 2.65. The lowest BCUT2D eigenvalue weighted by Gasteiger charge is -2.43. The molecule has 136 valence electrons. The first-order valence-electron chi connectivity index (χ1n) is 8.81. The Morgan fingerprint density at radius 1 is 1.12 bits per heavy atom. The lowest BCUT2D eigenvalue weighted by molar-refractivity contribution is 0.293. The number of halogens is 3. The van der Waals surface area contributed by atoms with Crippen molar-refractivity contribution in [2.45, 2.75) is 25.8 Å². The number of hydrogen-bond donors (Lipinski definition) is 2. The fourth-order valence-electron chi connectivity index (χ4n) is 3.89. The van der Waals surface area contributed by atoms with Gasteiger partial charge in [0.1, 0.15) is 5.84 Å². The highest BCUT2D eigenvalue weighted by Gasteiger charge is 2.41. The molecule has 4 rings (SSSR count). The average molecular weight is 453 g/mol. The van der Waals surface area contributed by atoms with Crippen molar-refractivity contribution in [2.75, 3.05) is 18.4 Å². The summed E-state index contributed by atoms with van der Waals surface area (Å²) in [5, 5.41) is 8.53. The third kappa shape index (κ3) is 3.65. The van der Waals surface area contributed by atoms with Crippen LogP contribution in [-0.4, -0.2) is 18.9 Å². The Bertz CT molecular complexity index is 860. The van der Waals surface area contributed by atoms with Crippen molar-refractivity contribution in [2.24, 2.45) is 10.4 Å². The average Bonchev–Trinajstić information content (AvgIpc) is 2.62. The Morgan fingerprint density at radius 3 is 2.69 bits per heavy atom. The number of nitrogens with one attached hydrogen (secondary N) is 2. The lowest BCUT2D eigenvalue weighted by atomic mass is 9.71. The second kappa shape index (κ2) is 7.51. The summed E-state index contributed by atoms with van der Waals surface area (Å²) in [6, 6.07) is 12.0. The van der Waals surface area contributed by atoms with Crippen LogP contribution in [0.1, 0.15) is 24.0 Å². The van der Waals surface area contributed by atoms with Crippen LogP contribution < -0.4 is 10.6 Å². The lowest BCUT2D eigenvalue weighted by Crippen LogP contribution is -2.48. The highest BCUT2D eigenvalue weighted by molar-refractivity contribution is 9.10. The van der Waals surface area contributed by atoms with Gasteiger partial charge >= 0.3 is 0 Å². The molecule has 1 spiro atoms. The summed E-state index contributed by atoms with van der Waals surface area (Å²) in [5.41, 5.74) is 3.54. The predicted octanol–water partition coefficient (Wildman–Crippen LogP) is 5.69. The first-order valence-corrected chi connectivity index (χ1v) is 10.4. The van der Waals surface area contributed by atoms with E-state index in [1.165, 1.54) is 5.56 Å². The molecule has 3 nitrogen and oxygen atoms in total. The number of piperidine rings is 1. The molecule has 6 heteroatoms. The summed E-state index contributed by atoms with van der Waals surface area (Å²) in [7, 11) is 0. The van der Waals surface area contributed by atoms with Crippen molar-refractivity contribution in [1.82, 2.24) is 5.32 Å². The Morgan fingerprint density at radius 2 is 1.92 bits per heavy atom. The maximum Gasteiger partial charge on any atom is 0.108 e. The Hall–Kier alpha value is -1.07. The minimum Gasteiger partial charge on any atom is -0.343 e. The van der Waals surface area contributed by atoms with Crippen molar-refractivity contribution in [1.29, 1.82) is 0 Å². The van der Waals surface area contributed by atoms with Crippen LogP contribution >= 0.6 is 39.1 Å². The molecule has 26 heavy (non-hydrogen) atoms. The molecule has 0 atom stereocenters. The summed E-state index contributed by atoms with van der Waals surface area (Å²) in [4.78, 5) is 4.99. The Kier molecular flexibility index (Phi) is 5.29. The van der Waals surface area contributed by atoms with Gasteiger partial charge in [-0.2, -0.15) is 0 Å². The van der Waals surface area contributed by atoms with Gasteiger partial charge in [0.25, 0.3) is 0 Å². The number of benzene rings is 2. The molecule has 2 aromatic rings. The first-order chi connectivity index (χ1) is 12.6. The number of nitrogens with zero attached hydrogens (tertiary/aromatic N) is 1. The predicted molar refractivity (Wildman–Crippen MR) is 114 cm³/mol. The van der Waals surface area contributed by atoms with Crippen molar-refractivity contribution in [3.63, 3.8) is 0 Å². The summed E-state index contributed by atoms with van der Waals surface area (Å²) in [6.07, 6.45) is 3.14. The van der Waals surface area contributed by atoms with Crippen molar-refractivity contribution >= 4 is 50.7 Å². The zero-order chi connectivity index (χ0) is 18.1. The zero-order valence-electron chi connectivity index (χ0n) is 14.3. The summed E-state index contributed by atoms with van der Waals surface area (Å²) in [5.74, 6) is 1.07. The van der Waals surface area contributed by atoms with Crippen LogP contribution in [0.2, 0.25) is 10.0 Å². The Balaban J connectivity index is 1.70. The van der Waals surface area contributed by atoms with Crippen LogP contribution in [0, 0.1) is 5.41 Å². The van der Waals surface area contributed by atoms with E-state index in [0.717, 1.165) is 58.9 Å². The van der Waals surface area contributed by atoms with Crippen LogP contribution in [0.25, 0.3) is 0 Å². The van der Waals surface area contributed by atoms with E-state index in [4.69, 9.17) is 28.2 Å². The van der Waals surface area contributed by atoms with Crippen LogP contribution in [0.15, 0.2) is 45.9 Å². The van der Waals surface area contributed by atoms with Crippen molar-refractivity contribution < 1.29 is 0 Å². The maximum absolute atomic E-state index is 6.31. The Labute approximate surface area is 172 Å². The van der Waals surface area contributed by atoms with Gasteiger partial charge in [-0.25, -0.2) is 0 Å². The number of aliphatic imine (C=N–C) groups is 1. The number of rotatable bonds is 2. The van der Waals surface area contributed by atoms with Gasteiger partial charge in [-0.1, -0.05) is 35.3 Å². The molecule has 2 aliphatic rings. The first kappa shape index (κ1) is 18.3.